The summed E-state index contributed by atoms with van der Waals surface area (Å²) in [5.74, 6) is -0.201. The molecular formula is C13H13FN2O. The van der Waals surface area contributed by atoms with E-state index in [0.717, 1.165) is 11.3 Å². The fourth-order valence-electron chi connectivity index (χ4n) is 1.46. The Morgan fingerprint density at radius 3 is 2.47 bits per heavy atom. The maximum absolute atomic E-state index is 12.7. The Labute approximate surface area is 98.7 Å². The molecule has 0 aliphatic rings. The van der Waals surface area contributed by atoms with E-state index in [-0.39, 0.29) is 11.6 Å². The molecule has 0 aromatic heterocycles. The Bertz CT molecular complexity index is 511. The molecule has 2 rings (SSSR count). The lowest BCUT2D eigenvalue weighted by atomic mass is 10.2. The number of phenols is 1. The van der Waals surface area contributed by atoms with E-state index in [2.05, 4.69) is 5.32 Å². The Hall–Kier alpha value is -2.23. The lowest BCUT2D eigenvalue weighted by Gasteiger charge is -2.08. The average Bonchev–Trinajstić information content (AvgIpc) is 2.33. The van der Waals surface area contributed by atoms with Crippen LogP contribution in [0.15, 0.2) is 42.5 Å². The van der Waals surface area contributed by atoms with Gasteiger partial charge in [0.2, 0.25) is 0 Å². The molecule has 0 unspecified atom stereocenters. The van der Waals surface area contributed by atoms with Crippen molar-refractivity contribution in [2.75, 3.05) is 11.1 Å². The van der Waals surface area contributed by atoms with Crippen molar-refractivity contribution in [2.45, 2.75) is 6.54 Å². The fraction of sp³-hybridized carbons (Fsp3) is 0.0769. The second-order valence-electron chi connectivity index (χ2n) is 3.75. The highest BCUT2D eigenvalue weighted by molar-refractivity contribution is 5.60. The van der Waals surface area contributed by atoms with Gasteiger partial charge in [0, 0.05) is 18.3 Å². The van der Waals surface area contributed by atoms with Crippen LogP contribution in [0.1, 0.15) is 5.56 Å². The normalized spacial score (nSPS) is 10.2. The van der Waals surface area contributed by atoms with Gasteiger partial charge in [-0.1, -0.05) is 12.1 Å². The predicted octanol–water partition coefficient (Wildman–Crippen LogP) is 2.73. The van der Waals surface area contributed by atoms with Gasteiger partial charge < -0.3 is 16.2 Å². The molecule has 4 heteroatoms. The van der Waals surface area contributed by atoms with Crippen molar-refractivity contribution in [3.63, 3.8) is 0 Å². The summed E-state index contributed by atoms with van der Waals surface area (Å²) in [5.41, 5.74) is 7.56. The summed E-state index contributed by atoms with van der Waals surface area (Å²) in [4.78, 5) is 0. The second-order valence-corrected chi connectivity index (χ2v) is 3.75. The van der Waals surface area contributed by atoms with Gasteiger partial charge >= 0.3 is 0 Å². The van der Waals surface area contributed by atoms with E-state index in [1.807, 2.05) is 0 Å². The van der Waals surface area contributed by atoms with Crippen LogP contribution in [0, 0.1) is 5.82 Å². The molecule has 3 nitrogen and oxygen atoms in total. The van der Waals surface area contributed by atoms with Crippen molar-refractivity contribution in [2.24, 2.45) is 0 Å². The zero-order chi connectivity index (χ0) is 12.3. The Balaban J connectivity index is 2.02. The third kappa shape index (κ3) is 2.87. The molecule has 88 valence electrons. The van der Waals surface area contributed by atoms with Crippen molar-refractivity contribution in [3.05, 3.63) is 53.8 Å². The molecule has 0 atom stereocenters. The number of nitrogens with one attached hydrogen (secondary N) is 1. The molecule has 0 saturated carbocycles. The lowest BCUT2D eigenvalue weighted by molar-refractivity contribution is 0.478. The number of phenolic OH excluding ortho intramolecular Hbond substituents is 1. The maximum Gasteiger partial charge on any atom is 0.140 e. The SMILES string of the molecule is Nc1ccc(NCc2ccc(F)cc2)cc1O. The summed E-state index contributed by atoms with van der Waals surface area (Å²) in [6, 6.07) is 11.2. The highest BCUT2D eigenvalue weighted by Gasteiger charge is 1.99. The zero-order valence-corrected chi connectivity index (χ0v) is 9.15. The highest BCUT2D eigenvalue weighted by atomic mass is 19.1. The van der Waals surface area contributed by atoms with E-state index in [1.165, 1.54) is 12.1 Å². The van der Waals surface area contributed by atoms with Crippen molar-refractivity contribution in [1.82, 2.24) is 0 Å². The van der Waals surface area contributed by atoms with Crippen LogP contribution in [0.5, 0.6) is 5.75 Å². The van der Waals surface area contributed by atoms with Gasteiger partial charge in [0.25, 0.3) is 0 Å². The van der Waals surface area contributed by atoms with Crippen LogP contribution < -0.4 is 11.1 Å². The van der Waals surface area contributed by atoms with Crippen molar-refractivity contribution < 1.29 is 9.50 Å². The van der Waals surface area contributed by atoms with Crippen LogP contribution in [0.25, 0.3) is 0 Å². The summed E-state index contributed by atoms with van der Waals surface area (Å²) in [6.45, 7) is 0.559. The molecule has 0 aliphatic carbocycles. The monoisotopic (exact) mass is 232 g/mol. The molecule has 0 spiro atoms. The molecule has 0 saturated heterocycles. The van der Waals surface area contributed by atoms with Crippen LogP contribution in [0.3, 0.4) is 0 Å². The van der Waals surface area contributed by atoms with Crippen molar-refractivity contribution >= 4 is 11.4 Å². The van der Waals surface area contributed by atoms with E-state index in [4.69, 9.17) is 5.73 Å². The maximum atomic E-state index is 12.7. The first kappa shape index (κ1) is 11.3. The predicted molar refractivity (Wildman–Crippen MR) is 66.2 cm³/mol. The molecular weight excluding hydrogens is 219 g/mol. The van der Waals surface area contributed by atoms with Gasteiger partial charge in [-0.05, 0) is 29.8 Å². The summed E-state index contributed by atoms with van der Waals surface area (Å²) in [7, 11) is 0. The Kier molecular flexibility index (Phi) is 3.14. The highest BCUT2D eigenvalue weighted by Crippen LogP contribution is 2.23. The minimum absolute atomic E-state index is 0.0501. The molecule has 0 fully saturated rings. The van der Waals surface area contributed by atoms with Crippen LogP contribution >= 0.6 is 0 Å². The Morgan fingerprint density at radius 1 is 1.12 bits per heavy atom. The summed E-state index contributed by atoms with van der Waals surface area (Å²) >= 11 is 0. The number of aromatic hydroxyl groups is 1. The topological polar surface area (TPSA) is 58.3 Å². The third-order valence-corrected chi connectivity index (χ3v) is 2.44. The van der Waals surface area contributed by atoms with Gasteiger partial charge in [0.1, 0.15) is 11.6 Å². The summed E-state index contributed by atoms with van der Waals surface area (Å²) in [5, 5.41) is 12.5. The molecule has 0 heterocycles. The van der Waals surface area contributed by atoms with Crippen molar-refractivity contribution in [3.8, 4) is 5.75 Å². The van der Waals surface area contributed by atoms with Gasteiger partial charge in [-0.2, -0.15) is 0 Å². The van der Waals surface area contributed by atoms with Gasteiger partial charge in [-0.15, -0.1) is 0 Å². The standard InChI is InChI=1S/C13H13FN2O/c14-10-3-1-9(2-4-10)8-16-11-5-6-12(15)13(17)7-11/h1-7,16-17H,8,15H2. The quantitative estimate of drug-likeness (QED) is 0.563. The number of hydrogen-bond donors (Lipinski definition) is 3. The van der Waals surface area contributed by atoms with E-state index >= 15 is 0 Å². The van der Waals surface area contributed by atoms with E-state index in [0.29, 0.717) is 12.2 Å². The van der Waals surface area contributed by atoms with Crippen LogP contribution in [0.2, 0.25) is 0 Å². The molecule has 2 aromatic rings. The number of benzene rings is 2. The van der Waals surface area contributed by atoms with Crippen molar-refractivity contribution in [1.29, 1.82) is 0 Å². The second kappa shape index (κ2) is 4.74. The zero-order valence-electron chi connectivity index (χ0n) is 9.15. The minimum atomic E-state index is -0.251. The van der Waals surface area contributed by atoms with Gasteiger partial charge in [-0.25, -0.2) is 4.39 Å². The number of nitrogens with two attached hydrogens (primary N) is 1. The summed E-state index contributed by atoms with van der Waals surface area (Å²) < 4.78 is 12.7. The molecule has 0 aliphatic heterocycles. The number of anilines is 2. The first-order chi connectivity index (χ1) is 8.15. The van der Waals surface area contributed by atoms with Crippen LogP contribution in [-0.4, -0.2) is 5.11 Å². The summed E-state index contributed by atoms with van der Waals surface area (Å²) in [6.07, 6.45) is 0. The smallest absolute Gasteiger partial charge is 0.140 e. The molecule has 0 radical (unpaired) electrons. The van der Waals surface area contributed by atoms with Gasteiger partial charge in [-0.3, -0.25) is 0 Å². The minimum Gasteiger partial charge on any atom is -0.506 e. The molecule has 4 N–H and O–H groups in total. The number of nitrogen functional groups attached to an aromatic ring is 1. The van der Waals surface area contributed by atoms with Crippen LogP contribution in [-0.2, 0) is 6.54 Å². The van der Waals surface area contributed by atoms with Gasteiger partial charge in [0.15, 0.2) is 0 Å². The number of hydrogen-bond acceptors (Lipinski definition) is 3. The van der Waals surface area contributed by atoms with Gasteiger partial charge in [0.05, 0.1) is 5.69 Å². The molecule has 2 aromatic carbocycles. The third-order valence-electron chi connectivity index (χ3n) is 2.44. The fourth-order valence-corrected chi connectivity index (χ4v) is 1.46. The van der Waals surface area contributed by atoms with E-state index < -0.39 is 0 Å². The Morgan fingerprint density at radius 2 is 1.82 bits per heavy atom. The van der Waals surface area contributed by atoms with E-state index in [1.54, 1.807) is 30.3 Å². The largest absolute Gasteiger partial charge is 0.506 e. The van der Waals surface area contributed by atoms with E-state index in [9.17, 15) is 9.50 Å². The molecule has 0 amide bonds. The molecule has 0 bridgehead atoms. The first-order valence-corrected chi connectivity index (χ1v) is 5.22. The number of halogens is 1. The average molecular weight is 232 g/mol. The lowest BCUT2D eigenvalue weighted by Crippen LogP contribution is -1.99. The molecule has 17 heavy (non-hydrogen) atoms. The van der Waals surface area contributed by atoms with Crippen LogP contribution in [0.4, 0.5) is 15.8 Å². The first-order valence-electron chi connectivity index (χ1n) is 5.22. The number of rotatable bonds is 3.